The molecule has 0 aliphatic heterocycles. The van der Waals surface area contributed by atoms with Crippen LogP contribution in [0.15, 0.2) is 6.33 Å². The maximum Gasteiger partial charge on any atom is 0.138 e. The molecule has 1 N–H and O–H groups in total. The molecule has 0 aromatic carbocycles. The summed E-state index contributed by atoms with van der Waals surface area (Å²) >= 11 is 6.14. The molecule has 1 aromatic rings. The Morgan fingerprint density at radius 2 is 2.00 bits per heavy atom. The molecular weight excluding hydrogens is 260 g/mol. The molecule has 0 amide bonds. The monoisotopic (exact) mass is 284 g/mol. The zero-order valence-electron chi connectivity index (χ0n) is 12.4. The van der Waals surface area contributed by atoms with Gasteiger partial charge < -0.3 is 10.2 Å². The average Bonchev–Trinajstić information content (AvgIpc) is 2.37. The average molecular weight is 285 g/mol. The lowest BCUT2D eigenvalue weighted by Gasteiger charge is -2.20. The molecule has 0 bridgehead atoms. The van der Waals surface area contributed by atoms with E-state index in [9.17, 15) is 0 Å². The second-order valence-corrected chi connectivity index (χ2v) is 5.30. The number of hydrogen-bond donors (Lipinski definition) is 1. The first-order chi connectivity index (χ1) is 9.10. The molecule has 4 nitrogen and oxygen atoms in total. The van der Waals surface area contributed by atoms with Gasteiger partial charge in [-0.3, -0.25) is 0 Å². The number of halogens is 1. The van der Waals surface area contributed by atoms with Crippen LogP contribution in [0.25, 0.3) is 0 Å². The summed E-state index contributed by atoms with van der Waals surface area (Å²) in [4.78, 5) is 10.8. The highest BCUT2D eigenvalue weighted by molar-refractivity contribution is 6.30. The summed E-state index contributed by atoms with van der Waals surface area (Å²) in [7, 11) is 0. The van der Waals surface area contributed by atoms with Crippen molar-refractivity contribution in [1.29, 1.82) is 0 Å². The van der Waals surface area contributed by atoms with E-state index in [0.717, 1.165) is 37.6 Å². The normalized spacial score (nSPS) is 11.3. The topological polar surface area (TPSA) is 41.0 Å². The number of nitrogens with zero attached hydrogens (tertiary/aromatic N) is 3. The molecule has 19 heavy (non-hydrogen) atoms. The van der Waals surface area contributed by atoms with E-state index in [1.165, 1.54) is 12.7 Å². The van der Waals surface area contributed by atoms with E-state index in [1.807, 2.05) is 0 Å². The van der Waals surface area contributed by atoms with Crippen LogP contribution in [0.3, 0.4) is 0 Å². The Morgan fingerprint density at radius 1 is 1.26 bits per heavy atom. The van der Waals surface area contributed by atoms with Gasteiger partial charge in [0.15, 0.2) is 0 Å². The highest BCUT2D eigenvalue weighted by Gasteiger charge is 2.13. The lowest BCUT2D eigenvalue weighted by molar-refractivity contribution is 0.300. The van der Waals surface area contributed by atoms with Gasteiger partial charge in [0.25, 0.3) is 0 Å². The summed E-state index contributed by atoms with van der Waals surface area (Å²) < 4.78 is 0. The molecule has 1 heterocycles. The molecular formula is C14H25ClN4. The predicted octanol–water partition coefficient (Wildman–Crippen LogP) is 3.40. The standard InChI is InChI=1S/C14H25ClN4/c1-5-8-19(6-2)9-7-16-14-12(11(3)4)13(15)17-10-18-14/h10-11H,5-9H2,1-4H3,(H,16,17,18). The maximum atomic E-state index is 6.14. The highest BCUT2D eigenvalue weighted by Crippen LogP contribution is 2.27. The molecule has 0 atom stereocenters. The van der Waals surface area contributed by atoms with E-state index < -0.39 is 0 Å². The van der Waals surface area contributed by atoms with E-state index in [-0.39, 0.29) is 0 Å². The van der Waals surface area contributed by atoms with Gasteiger partial charge in [0.2, 0.25) is 0 Å². The largest absolute Gasteiger partial charge is 0.368 e. The summed E-state index contributed by atoms with van der Waals surface area (Å²) in [5.74, 6) is 1.18. The Balaban J connectivity index is 2.60. The lowest BCUT2D eigenvalue weighted by atomic mass is 10.1. The number of aromatic nitrogens is 2. The van der Waals surface area contributed by atoms with Crippen molar-refractivity contribution in [3.8, 4) is 0 Å². The molecule has 5 heteroatoms. The molecule has 0 radical (unpaired) electrons. The van der Waals surface area contributed by atoms with Gasteiger partial charge >= 0.3 is 0 Å². The molecule has 0 fully saturated rings. The lowest BCUT2D eigenvalue weighted by Crippen LogP contribution is -2.30. The Hall–Kier alpha value is -0.870. The number of anilines is 1. The van der Waals surface area contributed by atoms with Crippen molar-refractivity contribution in [2.45, 2.75) is 40.0 Å². The van der Waals surface area contributed by atoms with Crippen molar-refractivity contribution in [3.05, 3.63) is 17.0 Å². The van der Waals surface area contributed by atoms with Crippen molar-refractivity contribution < 1.29 is 0 Å². The molecule has 0 aliphatic carbocycles. The molecule has 0 aliphatic rings. The van der Waals surface area contributed by atoms with Gasteiger partial charge in [-0.15, -0.1) is 0 Å². The summed E-state index contributed by atoms with van der Waals surface area (Å²) in [6, 6.07) is 0. The van der Waals surface area contributed by atoms with Crippen LogP contribution in [0.4, 0.5) is 5.82 Å². The SMILES string of the molecule is CCCN(CC)CCNc1ncnc(Cl)c1C(C)C. The zero-order valence-corrected chi connectivity index (χ0v) is 13.2. The third kappa shape index (κ3) is 4.96. The van der Waals surface area contributed by atoms with Gasteiger partial charge in [0.1, 0.15) is 17.3 Å². The Morgan fingerprint density at radius 3 is 2.58 bits per heavy atom. The fourth-order valence-corrected chi connectivity index (χ4v) is 2.45. The van der Waals surface area contributed by atoms with E-state index in [0.29, 0.717) is 11.1 Å². The minimum absolute atomic E-state index is 0.314. The van der Waals surface area contributed by atoms with E-state index >= 15 is 0 Å². The third-order valence-electron chi connectivity index (χ3n) is 3.12. The van der Waals surface area contributed by atoms with E-state index in [2.05, 4.69) is 47.9 Å². The molecule has 0 unspecified atom stereocenters. The molecule has 0 saturated heterocycles. The van der Waals surface area contributed by atoms with E-state index in [4.69, 9.17) is 11.6 Å². The quantitative estimate of drug-likeness (QED) is 0.743. The summed E-state index contributed by atoms with van der Waals surface area (Å²) in [5, 5.41) is 3.93. The number of likely N-dealkylation sites (N-methyl/N-ethyl adjacent to an activating group) is 1. The highest BCUT2D eigenvalue weighted by atomic mass is 35.5. The first-order valence-electron chi connectivity index (χ1n) is 7.06. The van der Waals surface area contributed by atoms with Crippen LogP contribution in [0, 0.1) is 0 Å². The zero-order chi connectivity index (χ0) is 14.3. The van der Waals surface area contributed by atoms with Crippen LogP contribution in [0.2, 0.25) is 5.15 Å². The van der Waals surface area contributed by atoms with Crippen LogP contribution >= 0.6 is 11.6 Å². The Labute approximate surface area is 121 Å². The minimum atomic E-state index is 0.314. The Kier molecular flexibility index (Phi) is 7.10. The number of hydrogen-bond acceptors (Lipinski definition) is 4. The fourth-order valence-electron chi connectivity index (χ4n) is 2.10. The van der Waals surface area contributed by atoms with Gasteiger partial charge in [0.05, 0.1) is 0 Å². The van der Waals surface area contributed by atoms with Crippen molar-refractivity contribution in [3.63, 3.8) is 0 Å². The van der Waals surface area contributed by atoms with Gasteiger partial charge in [-0.2, -0.15) is 0 Å². The van der Waals surface area contributed by atoms with Crippen LogP contribution in [-0.2, 0) is 0 Å². The van der Waals surface area contributed by atoms with Crippen molar-refractivity contribution in [1.82, 2.24) is 14.9 Å². The summed E-state index contributed by atoms with van der Waals surface area (Å²) in [6.07, 6.45) is 2.70. The van der Waals surface area contributed by atoms with Crippen LogP contribution in [0.1, 0.15) is 45.6 Å². The molecule has 108 valence electrons. The predicted molar refractivity (Wildman–Crippen MR) is 82.0 cm³/mol. The minimum Gasteiger partial charge on any atom is -0.368 e. The summed E-state index contributed by atoms with van der Waals surface area (Å²) in [5.41, 5.74) is 1.00. The molecule has 0 spiro atoms. The van der Waals surface area contributed by atoms with Crippen molar-refractivity contribution in [2.24, 2.45) is 0 Å². The fraction of sp³-hybridized carbons (Fsp3) is 0.714. The number of nitrogens with one attached hydrogen (secondary N) is 1. The second-order valence-electron chi connectivity index (χ2n) is 4.94. The summed E-state index contributed by atoms with van der Waals surface area (Å²) in [6.45, 7) is 12.7. The second kappa shape index (κ2) is 8.33. The van der Waals surface area contributed by atoms with E-state index in [1.54, 1.807) is 0 Å². The van der Waals surface area contributed by atoms with Gasteiger partial charge in [-0.05, 0) is 25.4 Å². The van der Waals surface area contributed by atoms with Gasteiger partial charge in [-0.1, -0.05) is 39.3 Å². The smallest absolute Gasteiger partial charge is 0.138 e. The third-order valence-corrected chi connectivity index (χ3v) is 3.42. The molecule has 1 rings (SSSR count). The van der Waals surface area contributed by atoms with Gasteiger partial charge in [-0.25, -0.2) is 9.97 Å². The Bertz CT molecular complexity index is 382. The van der Waals surface area contributed by atoms with Gasteiger partial charge in [0, 0.05) is 18.7 Å². The van der Waals surface area contributed by atoms with Crippen molar-refractivity contribution in [2.75, 3.05) is 31.5 Å². The van der Waals surface area contributed by atoms with Crippen molar-refractivity contribution >= 4 is 17.4 Å². The first-order valence-corrected chi connectivity index (χ1v) is 7.44. The number of rotatable bonds is 8. The van der Waals surface area contributed by atoms with Crippen LogP contribution in [-0.4, -0.2) is 41.0 Å². The van der Waals surface area contributed by atoms with Crippen LogP contribution in [0.5, 0.6) is 0 Å². The maximum absolute atomic E-state index is 6.14. The first kappa shape index (κ1) is 16.2. The molecule has 1 aromatic heterocycles. The van der Waals surface area contributed by atoms with Crippen LogP contribution < -0.4 is 5.32 Å². The molecule has 0 saturated carbocycles.